The summed E-state index contributed by atoms with van der Waals surface area (Å²) in [7, 11) is 0. The largest absolute Gasteiger partial charge is 0.453 e. The smallest absolute Gasteiger partial charge is 0.307 e. The van der Waals surface area contributed by atoms with Gasteiger partial charge in [0.25, 0.3) is 5.91 Å². The van der Waals surface area contributed by atoms with Gasteiger partial charge in [-0.15, -0.1) is 0 Å². The molecule has 1 aliphatic rings. The number of benzene rings is 1. The van der Waals surface area contributed by atoms with Gasteiger partial charge in [0.05, 0.1) is 12.1 Å². The lowest BCUT2D eigenvalue weighted by atomic mass is 9.88. The van der Waals surface area contributed by atoms with Gasteiger partial charge in [0.1, 0.15) is 5.78 Å². The Morgan fingerprint density at radius 3 is 2.59 bits per heavy atom. The third-order valence-corrected chi connectivity index (χ3v) is 5.17. The van der Waals surface area contributed by atoms with Crippen molar-refractivity contribution in [2.45, 2.75) is 39.7 Å². The van der Waals surface area contributed by atoms with E-state index in [-0.39, 0.29) is 36.9 Å². The standard InChI is InChI=1S/C20H24N2O7/c1-11-8-18(24)15(16(11)10-22(27)28)9-19(25)29-13(3)20(26)21-17-7-5-4-6-14(17)12(2)23/h4-7,11,13,15-16H,8-10H2,1-3H3,(H,21,26)/t11-,13-,15-,16+/m0/s1. The first-order valence-electron chi connectivity index (χ1n) is 9.35. The molecule has 0 saturated heterocycles. The number of ketones is 2. The van der Waals surface area contributed by atoms with E-state index in [0.717, 1.165) is 0 Å². The lowest BCUT2D eigenvalue weighted by Gasteiger charge is -2.19. The number of carbonyl (C=O) groups excluding carboxylic acids is 4. The zero-order chi connectivity index (χ0) is 21.7. The third-order valence-electron chi connectivity index (χ3n) is 5.17. The maximum atomic E-state index is 12.3. The van der Waals surface area contributed by atoms with Crippen LogP contribution in [-0.4, -0.2) is 41.0 Å². The number of para-hydroxylation sites is 1. The van der Waals surface area contributed by atoms with Gasteiger partial charge in [0.2, 0.25) is 6.54 Å². The molecule has 9 nitrogen and oxygen atoms in total. The van der Waals surface area contributed by atoms with Crippen LogP contribution in [0.1, 0.15) is 44.0 Å². The molecule has 29 heavy (non-hydrogen) atoms. The maximum absolute atomic E-state index is 12.3. The van der Waals surface area contributed by atoms with Crippen molar-refractivity contribution in [3.8, 4) is 0 Å². The second-order valence-corrected chi connectivity index (χ2v) is 7.36. The highest BCUT2D eigenvalue weighted by Gasteiger charge is 2.44. The van der Waals surface area contributed by atoms with Gasteiger partial charge in [-0.2, -0.15) is 0 Å². The van der Waals surface area contributed by atoms with Gasteiger partial charge in [-0.05, 0) is 31.9 Å². The third kappa shape index (κ3) is 5.69. The zero-order valence-corrected chi connectivity index (χ0v) is 16.5. The predicted octanol–water partition coefficient (Wildman–Crippen LogP) is 2.27. The van der Waals surface area contributed by atoms with E-state index in [1.54, 1.807) is 31.2 Å². The molecule has 0 heterocycles. The minimum absolute atomic E-state index is 0.186. The van der Waals surface area contributed by atoms with E-state index in [4.69, 9.17) is 4.74 Å². The number of hydrogen-bond donors (Lipinski definition) is 1. The second-order valence-electron chi connectivity index (χ2n) is 7.36. The Balaban J connectivity index is 1.98. The Labute approximate surface area is 167 Å². The minimum atomic E-state index is -1.16. The number of rotatable bonds is 8. The zero-order valence-electron chi connectivity index (χ0n) is 16.5. The molecular weight excluding hydrogens is 380 g/mol. The van der Waals surface area contributed by atoms with Crippen molar-refractivity contribution in [2.75, 3.05) is 11.9 Å². The number of nitrogens with zero attached hydrogens (tertiary/aromatic N) is 1. The van der Waals surface area contributed by atoms with E-state index in [2.05, 4.69) is 5.32 Å². The van der Waals surface area contributed by atoms with E-state index >= 15 is 0 Å². The Morgan fingerprint density at radius 2 is 1.97 bits per heavy atom. The van der Waals surface area contributed by atoms with Crippen LogP contribution in [0.2, 0.25) is 0 Å². The number of carbonyl (C=O) groups is 4. The number of hydrogen-bond acceptors (Lipinski definition) is 7. The van der Waals surface area contributed by atoms with Crippen LogP contribution >= 0.6 is 0 Å². The molecule has 0 radical (unpaired) electrons. The number of nitrogens with one attached hydrogen (secondary N) is 1. The topological polar surface area (TPSA) is 133 Å². The van der Waals surface area contributed by atoms with E-state index in [1.165, 1.54) is 13.8 Å². The molecule has 2 rings (SSSR count). The Bertz CT molecular complexity index is 836. The highest BCUT2D eigenvalue weighted by molar-refractivity contribution is 6.04. The van der Waals surface area contributed by atoms with Crippen molar-refractivity contribution in [2.24, 2.45) is 17.8 Å². The van der Waals surface area contributed by atoms with Crippen LogP contribution in [0.3, 0.4) is 0 Å². The molecule has 1 N–H and O–H groups in total. The van der Waals surface area contributed by atoms with Crippen molar-refractivity contribution < 1.29 is 28.8 Å². The van der Waals surface area contributed by atoms with Crippen molar-refractivity contribution in [3.63, 3.8) is 0 Å². The molecule has 1 aromatic carbocycles. The minimum Gasteiger partial charge on any atom is -0.453 e. The van der Waals surface area contributed by atoms with E-state index in [9.17, 15) is 29.3 Å². The van der Waals surface area contributed by atoms with Crippen LogP contribution in [0.4, 0.5) is 5.69 Å². The lowest BCUT2D eigenvalue weighted by Crippen LogP contribution is -2.33. The predicted molar refractivity (Wildman–Crippen MR) is 103 cm³/mol. The first-order chi connectivity index (χ1) is 13.6. The first kappa shape index (κ1) is 22.2. The summed E-state index contributed by atoms with van der Waals surface area (Å²) in [5.41, 5.74) is 0.631. The lowest BCUT2D eigenvalue weighted by molar-refractivity contribution is -0.490. The summed E-state index contributed by atoms with van der Waals surface area (Å²) in [6.45, 7) is 4.11. The number of Topliss-reactive ketones (excluding diaryl/α,β-unsaturated/α-hetero) is 2. The molecule has 156 valence electrons. The molecule has 1 fully saturated rings. The van der Waals surface area contributed by atoms with Crippen molar-refractivity contribution in [3.05, 3.63) is 39.9 Å². The average Bonchev–Trinajstić information content (AvgIpc) is 2.88. The van der Waals surface area contributed by atoms with Gasteiger partial charge in [-0.25, -0.2) is 0 Å². The van der Waals surface area contributed by atoms with Crippen LogP contribution in [0.5, 0.6) is 0 Å². The molecule has 1 saturated carbocycles. The summed E-state index contributed by atoms with van der Waals surface area (Å²) < 4.78 is 5.13. The van der Waals surface area contributed by atoms with Gasteiger partial charge >= 0.3 is 5.97 Å². The SMILES string of the molecule is CC(=O)c1ccccc1NC(=O)[C@H](C)OC(=O)C[C@@H]1C(=O)C[C@H](C)[C@H]1C[N+](=O)[O-]. The number of nitro groups is 1. The molecule has 9 heteroatoms. The highest BCUT2D eigenvalue weighted by atomic mass is 16.6. The fraction of sp³-hybridized carbons (Fsp3) is 0.500. The van der Waals surface area contributed by atoms with Crippen LogP contribution < -0.4 is 5.32 Å². The molecular formula is C20H24N2O7. The van der Waals surface area contributed by atoms with E-state index in [0.29, 0.717) is 11.3 Å². The molecule has 0 aromatic heterocycles. The van der Waals surface area contributed by atoms with Gasteiger partial charge in [0.15, 0.2) is 11.9 Å². The number of ether oxygens (including phenoxy) is 1. The van der Waals surface area contributed by atoms with Crippen LogP contribution in [0, 0.1) is 27.9 Å². The van der Waals surface area contributed by atoms with Crippen LogP contribution in [0.15, 0.2) is 24.3 Å². The van der Waals surface area contributed by atoms with Crippen molar-refractivity contribution >= 4 is 29.1 Å². The molecule has 1 aliphatic carbocycles. The Hall–Kier alpha value is -3.10. The average molecular weight is 404 g/mol. The molecule has 0 unspecified atom stereocenters. The summed E-state index contributed by atoms with van der Waals surface area (Å²) in [4.78, 5) is 58.7. The normalized spacial score (nSPS) is 22.0. The quantitative estimate of drug-likeness (QED) is 0.304. The summed E-state index contributed by atoms with van der Waals surface area (Å²) >= 11 is 0. The maximum Gasteiger partial charge on any atom is 0.307 e. The molecule has 1 amide bonds. The number of anilines is 1. The van der Waals surface area contributed by atoms with Crippen molar-refractivity contribution in [1.29, 1.82) is 0 Å². The monoisotopic (exact) mass is 404 g/mol. The Kier molecular flexibility index (Phi) is 7.19. The molecule has 0 spiro atoms. The van der Waals surface area contributed by atoms with Crippen LogP contribution in [-0.2, 0) is 19.1 Å². The highest BCUT2D eigenvalue weighted by Crippen LogP contribution is 2.36. The number of esters is 1. The molecule has 0 aliphatic heterocycles. The summed E-state index contributed by atoms with van der Waals surface area (Å²) in [5.74, 6) is -3.32. The van der Waals surface area contributed by atoms with Crippen LogP contribution in [0.25, 0.3) is 0 Å². The van der Waals surface area contributed by atoms with Gasteiger partial charge in [0, 0.05) is 28.7 Å². The summed E-state index contributed by atoms with van der Waals surface area (Å²) in [6, 6.07) is 6.44. The first-order valence-corrected chi connectivity index (χ1v) is 9.35. The fourth-order valence-corrected chi connectivity index (χ4v) is 3.61. The summed E-state index contributed by atoms with van der Waals surface area (Å²) in [6.07, 6.45) is -1.28. The van der Waals surface area contributed by atoms with Gasteiger partial charge in [-0.3, -0.25) is 29.3 Å². The number of amides is 1. The molecule has 0 bridgehead atoms. The fourth-order valence-electron chi connectivity index (χ4n) is 3.61. The van der Waals surface area contributed by atoms with Crippen molar-refractivity contribution in [1.82, 2.24) is 0 Å². The molecule has 4 atom stereocenters. The van der Waals surface area contributed by atoms with E-state index in [1.807, 2.05) is 0 Å². The Morgan fingerprint density at radius 1 is 1.31 bits per heavy atom. The summed E-state index contributed by atoms with van der Waals surface area (Å²) in [5, 5.41) is 13.4. The molecule has 1 aromatic rings. The second kappa shape index (κ2) is 9.40. The van der Waals surface area contributed by atoms with E-state index < -0.39 is 34.7 Å². The van der Waals surface area contributed by atoms with Gasteiger partial charge < -0.3 is 10.1 Å². The van der Waals surface area contributed by atoms with Gasteiger partial charge in [-0.1, -0.05) is 19.1 Å².